The summed E-state index contributed by atoms with van der Waals surface area (Å²) in [4.78, 5) is 4.28. The Hall–Kier alpha value is -0.420. The summed E-state index contributed by atoms with van der Waals surface area (Å²) < 4.78 is 0. The third kappa shape index (κ3) is 2.00. The lowest BCUT2D eigenvalue weighted by Crippen LogP contribution is -2.01. The fourth-order valence-electron chi connectivity index (χ4n) is 1.15. The van der Waals surface area contributed by atoms with E-state index in [2.05, 4.69) is 41.1 Å². The van der Waals surface area contributed by atoms with Crippen molar-refractivity contribution in [3.8, 4) is 0 Å². The second-order valence-corrected chi connectivity index (χ2v) is 3.76. The normalized spacial score (nSPS) is 10.6. The number of rotatable bonds is 1. The van der Waals surface area contributed by atoms with Crippen LogP contribution in [0.5, 0.6) is 0 Å². The monoisotopic (exact) mass is 167 g/mol. The molecule has 0 bridgehead atoms. The molecule has 1 aromatic rings. The first-order valence-electron chi connectivity index (χ1n) is 3.83. The fraction of sp³-hybridized carbons (Fsp3) is 0.444. The Morgan fingerprint density at radius 1 is 1.45 bits per heavy atom. The maximum atomic E-state index is 4.28. The second kappa shape index (κ2) is 3.32. The Morgan fingerprint density at radius 3 is 2.55 bits per heavy atom. The van der Waals surface area contributed by atoms with Crippen molar-refractivity contribution in [1.29, 1.82) is 0 Å². The molecule has 60 valence electrons. The highest BCUT2D eigenvalue weighted by Crippen LogP contribution is 2.15. The van der Waals surface area contributed by atoms with Gasteiger partial charge < -0.3 is 0 Å². The summed E-state index contributed by atoms with van der Waals surface area (Å²) in [6, 6.07) is 2.18. The number of aromatic nitrogens is 1. The number of hydrogen-bond acceptors (Lipinski definition) is 1. The van der Waals surface area contributed by atoms with Crippen molar-refractivity contribution in [3.63, 3.8) is 0 Å². The molecule has 1 nitrogen and oxygen atoms in total. The molecule has 1 heterocycles. The zero-order valence-corrected chi connectivity index (χ0v) is 8.41. The van der Waals surface area contributed by atoms with E-state index in [0.717, 1.165) is 5.69 Å². The van der Waals surface area contributed by atoms with E-state index < -0.39 is 0 Å². The van der Waals surface area contributed by atoms with Crippen molar-refractivity contribution >= 4 is 14.5 Å². The Morgan fingerprint density at radius 2 is 2.09 bits per heavy atom. The van der Waals surface area contributed by atoms with Crippen molar-refractivity contribution in [2.75, 3.05) is 0 Å². The van der Waals surface area contributed by atoms with Crippen LogP contribution in [0, 0.1) is 6.92 Å². The molecule has 11 heavy (non-hydrogen) atoms. The summed E-state index contributed by atoms with van der Waals surface area (Å²) in [6.45, 7) is 6.43. The quantitative estimate of drug-likeness (QED) is 0.583. The highest BCUT2D eigenvalue weighted by Gasteiger charge is 2.03. The molecule has 0 N–H and O–H groups in total. The van der Waals surface area contributed by atoms with E-state index in [4.69, 9.17) is 0 Å². The summed E-state index contributed by atoms with van der Waals surface area (Å²) in [6.07, 6.45) is 1.88. The molecule has 0 aromatic carbocycles. The van der Waals surface area contributed by atoms with E-state index in [1.54, 1.807) is 0 Å². The lowest BCUT2D eigenvalue weighted by atomic mass is 10.0. The van der Waals surface area contributed by atoms with E-state index in [9.17, 15) is 0 Å². The highest BCUT2D eigenvalue weighted by atomic mass is 31.0. The lowest BCUT2D eigenvalue weighted by Gasteiger charge is -2.08. The molecule has 1 aromatic heterocycles. The Bertz CT molecular complexity index is 256. The van der Waals surface area contributed by atoms with Gasteiger partial charge in [-0.1, -0.05) is 13.8 Å². The maximum Gasteiger partial charge on any atom is 0.0407 e. The minimum Gasteiger partial charge on any atom is -0.261 e. The van der Waals surface area contributed by atoms with E-state index in [-0.39, 0.29) is 0 Å². The van der Waals surface area contributed by atoms with Crippen LogP contribution in [0.2, 0.25) is 0 Å². The van der Waals surface area contributed by atoms with E-state index in [1.165, 1.54) is 10.9 Å². The number of nitrogens with zero attached hydrogens (tertiary/aromatic N) is 1. The van der Waals surface area contributed by atoms with Crippen molar-refractivity contribution in [1.82, 2.24) is 4.98 Å². The van der Waals surface area contributed by atoms with Gasteiger partial charge in [-0.15, -0.1) is 9.24 Å². The smallest absolute Gasteiger partial charge is 0.0407 e. The molecule has 0 aliphatic heterocycles. The predicted molar refractivity (Wildman–Crippen MR) is 52.4 cm³/mol. The largest absolute Gasteiger partial charge is 0.261 e. The summed E-state index contributed by atoms with van der Waals surface area (Å²) in [5.41, 5.74) is 2.49. The molecular weight excluding hydrogens is 153 g/mol. The maximum absolute atomic E-state index is 4.28. The summed E-state index contributed by atoms with van der Waals surface area (Å²) >= 11 is 0. The van der Waals surface area contributed by atoms with Crippen LogP contribution in [0.15, 0.2) is 12.3 Å². The SMILES string of the molecule is Cc1ncc(P)cc1C(C)C. The highest BCUT2D eigenvalue weighted by molar-refractivity contribution is 7.27. The molecule has 0 aliphatic carbocycles. The van der Waals surface area contributed by atoms with Gasteiger partial charge in [-0.05, 0) is 29.8 Å². The van der Waals surface area contributed by atoms with Crippen molar-refractivity contribution in [3.05, 3.63) is 23.5 Å². The van der Waals surface area contributed by atoms with Crippen LogP contribution in [0.3, 0.4) is 0 Å². The van der Waals surface area contributed by atoms with E-state index in [1.807, 2.05) is 6.20 Å². The van der Waals surface area contributed by atoms with E-state index >= 15 is 0 Å². The van der Waals surface area contributed by atoms with Crippen LogP contribution < -0.4 is 5.30 Å². The molecule has 0 radical (unpaired) electrons. The molecule has 0 saturated heterocycles. The van der Waals surface area contributed by atoms with Crippen LogP contribution in [0.1, 0.15) is 31.0 Å². The van der Waals surface area contributed by atoms with Gasteiger partial charge in [-0.2, -0.15) is 0 Å². The fourth-order valence-corrected chi connectivity index (χ4v) is 1.41. The van der Waals surface area contributed by atoms with Gasteiger partial charge in [0, 0.05) is 11.9 Å². The Kier molecular flexibility index (Phi) is 2.62. The third-order valence-corrected chi connectivity index (χ3v) is 2.08. The molecular formula is C9H14NP. The first kappa shape index (κ1) is 8.67. The molecule has 1 rings (SSSR count). The zero-order chi connectivity index (χ0) is 8.43. The Balaban J connectivity index is 3.13. The van der Waals surface area contributed by atoms with Gasteiger partial charge in [-0.3, -0.25) is 4.98 Å². The molecule has 1 atom stereocenters. The van der Waals surface area contributed by atoms with Crippen molar-refractivity contribution in [2.24, 2.45) is 0 Å². The molecule has 0 spiro atoms. The molecule has 0 amide bonds. The van der Waals surface area contributed by atoms with Crippen molar-refractivity contribution < 1.29 is 0 Å². The molecule has 0 saturated carbocycles. The molecule has 0 aliphatic rings. The summed E-state index contributed by atoms with van der Waals surface area (Å²) in [7, 11) is 2.67. The molecule has 2 heteroatoms. The van der Waals surface area contributed by atoms with Crippen LogP contribution in [-0.4, -0.2) is 4.98 Å². The van der Waals surface area contributed by atoms with Gasteiger partial charge in [0.1, 0.15) is 0 Å². The van der Waals surface area contributed by atoms with Crippen LogP contribution in [-0.2, 0) is 0 Å². The van der Waals surface area contributed by atoms with E-state index in [0.29, 0.717) is 5.92 Å². The minimum absolute atomic E-state index is 0.572. The number of hydrogen-bond donors (Lipinski definition) is 0. The predicted octanol–water partition coefficient (Wildman–Crippen LogP) is 2.01. The first-order chi connectivity index (χ1) is 5.11. The van der Waals surface area contributed by atoms with Crippen molar-refractivity contribution in [2.45, 2.75) is 26.7 Å². The summed E-state index contributed by atoms with van der Waals surface area (Å²) in [5, 5.41) is 1.17. The molecule has 1 unspecified atom stereocenters. The van der Waals surface area contributed by atoms with Gasteiger partial charge in [0.05, 0.1) is 0 Å². The standard InChI is InChI=1S/C9H14NP/c1-6(2)9-4-8(11)5-10-7(9)3/h4-6H,11H2,1-3H3. The number of pyridine rings is 1. The van der Waals surface area contributed by atoms with Gasteiger partial charge in [0.2, 0.25) is 0 Å². The van der Waals surface area contributed by atoms with Gasteiger partial charge in [0.15, 0.2) is 0 Å². The Labute approximate surface area is 70.4 Å². The average Bonchev–Trinajstić information content (AvgIpc) is 1.94. The molecule has 0 fully saturated rings. The van der Waals surface area contributed by atoms with Crippen LogP contribution in [0.25, 0.3) is 0 Å². The van der Waals surface area contributed by atoms with Gasteiger partial charge >= 0.3 is 0 Å². The summed E-state index contributed by atoms with van der Waals surface area (Å²) in [5.74, 6) is 0.572. The topological polar surface area (TPSA) is 12.9 Å². The lowest BCUT2D eigenvalue weighted by molar-refractivity contribution is 0.845. The van der Waals surface area contributed by atoms with Gasteiger partial charge in [0.25, 0.3) is 0 Å². The zero-order valence-electron chi connectivity index (χ0n) is 7.26. The second-order valence-electron chi connectivity index (χ2n) is 3.10. The van der Waals surface area contributed by atoms with Crippen LogP contribution in [0.4, 0.5) is 0 Å². The minimum atomic E-state index is 0.572. The van der Waals surface area contributed by atoms with Crippen LogP contribution >= 0.6 is 9.24 Å². The van der Waals surface area contributed by atoms with Gasteiger partial charge in [-0.25, -0.2) is 0 Å². The average molecular weight is 167 g/mol. The number of aryl methyl sites for hydroxylation is 1. The first-order valence-corrected chi connectivity index (χ1v) is 4.41. The third-order valence-electron chi connectivity index (χ3n) is 1.77.